The third-order valence-corrected chi connectivity index (χ3v) is 6.95. The highest BCUT2D eigenvalue weighted by Crippen LogP contribution is 2.30. The van der Waals surface area contributed by atoms with E-state index in [1.54, 1.807) is 13.0 Å². The molecule has 1 heterocycles. The number of para-hydroxylation sites is 1. The van der Waals surface area contributed by atoms with Crippen molar-refractivity contribution in [2.24, 2.45) is 5.92 Å². The average Bonchev–Trinajstić information content (AvgIpc) is 2.73. The molecule has 0 saturated heterocycles. The Morgan fingerprint density at radius 3 is 2.68 bits per heavy atom. The van der Waals surface area contributed by atoms with Crippen LogP contribution in [0.2, 0.25) is 0 Å². The number of hydrogen-bond acceptors (Lipinski definition) is 5. The van der Waals surface area contributed by atoms with Gasteiger partial charge in [0.2, 0.25) is 21.8 Å². The van der Waals surface area contributed by atoms with Crippen molar-refractivity contribution in [3.05, 3.63) is 48.0 Å². The number of fused-ring (bicyclic) bond motifs is 1. The molecule has 0 radical (unpaired) electrons. The quantitative estimate of drug-likeness (QED) is 0.650. The maximum absolute atomic E-state index is 12.6. The van der Waals surface area contributed by atoms with Crippen LogP contribution in [0.15, 0.2) is 47.4 Å². The fourth-order valence-corrected chi connectivity index (χ4v) is 4.48. The van der Waals surface area contributed by atoms with Gasteiger partial charge in [-0.2, -0.15) is 0 Å². The van der Waals surface area contributed by atoms with Crippen LogP contribution in [0, 0.1) is 5.92 Å². The van der Waals surface area contributed by atoms with Crippen LogP contribution in [0.25, 0.3) is 0 Å². The van der Waals surface area contributed by atoms with E-state index in [-0.39, 0.29) is 34.8 Å². The second-order valence-electron chi connectivity index (χ2n) is 7.52. The first kappa shape index (κ1) is 22.8. The second-order valence-corrected chi connectivity index (χ2v) is 9.64. The molecule has 0 bridgehead atoms. The molecule has 2 aromatic rings. The van der Waals surface area contributed by atoms with E-state index in [2.05, 4.69) is 10.6 Å². The number of ether oxygens (including phenoxy) is 1. The van der Waals surface area contributed by atoms with Crippen molar-refractivity contribution in [2.45, 2.75) is 31.1 Å². The molecular weight excluding hydrogens is 418 g/mol. The summed E-state index contributed by atoms with van der Waals surface area (Å²) in [6, 6.07) is 12.1. The number of nitrogens with zero attached hydrogens (tertiary/aromatic N) is 1. The molecule has 31 heavy (non-hydrogen) atoms. The summed E-state index contributed by atoms with van der Waals surface area (Å²) in [4.78, 5) is 24.8. The molecule has 0 saturated carbocycles. The van der Waals surface area contributed by atoms with Crippen LogP contribution in [0.5, 0.6) is 5.75 Å². The summed E-state index contributed by atoms with van der Waals surface area (Å²) in [7, 11) is -0.881. The van der Waals surface area contributed by atoms with Crippen LogP contribution in [0.1, 0.15) is 25.3 Å². The zero-order chi connectivity index (χ0) is 22.6. The van der Waals surface area contributed by atoms with Gasteiger partial charge in [0.15, 0.2) is 0 Å². The Balaban J connectivity index is 1.67. The molecule has 8 nitrogen and oxygen atoms in total. The van der Waals surface area contributed by atoms with Gasteiger partial charge in [-0.3, -0.25) is 9.59 Å². The predicted molar refractivity (Wildman–Crippen MR) is 119 cm³/mol. The minimum atomic E-state index is -3.75. The van der Waals surface area contributed by atoms with Crippen LogP contribution < -0.4 is 15.4 Å². The minimum Gasteiger partial charge on any atom is -0.492 e. The van der Waals surface area contributed by atoms with Gasteiger partial charge in [-0.25, -0.2) is 12.7 Å². The first-order valence-corrected chi connectivity index (χ1v) is 11.5. The molecule has 0 spiro atoms. The van der Waals surface area contributed by atoms with Crippen molar-refractivity contribution in [1.82, 2.24) is 4.31 Å². The van der Waals surface area contributed by atoms with E-state index in [0.29, 0.717) is 25.1 Å². The Bertz CT molecular complexity index is 1080. The summed E-state index contributed by atoms with van der Waals surface area (Å²) in [5.41, 5.74) is 2.22. The lowest BCUT2D eigenvalue weighted by molar-refractivity contribution is -0.121. The molecule has 1 aliphatic rings. The van der Waals surface area contributed by atoms with Crippen LogP contribution >= 0.6 is 0 Å². The lowest BCUT2D eigenvalue weighted by Crippen LogP contribution is -2.30. The Morgan fingerprint density at radius 2 is 1.97 bits per heavy atom. The molecule has 3 rings (SSSR count). The zero-order valence-electron chi connectivity index (χ0n) is 17.8. The number of rotatable bonds is 8. The summed E-state index contributed by atoms with van der Waals surface area (Å²) in [6.07, 6.45) is 1.12. The first-order chi connectivity index (χ1) is 14.7. The molecule has 2 amide bonds. The molecule has 0 aliphatic carbocycles. The number of amides is 2. The Hall–Kier alpha value is -2.91. The molecule has 166 valence electrons. The fourth-order valence-electron chi connectivity index (χ4n) is 3.43. The average molecular weight is 446 g/mol. The van der Waals surface area contributed by atoms with E-state index in [9.17, 15) is 18.0 Å². The van der Waals surface area contributed by atoms with E-state index in [1.807, 2.05) is 24.3 Å². The third-order valence-electron chi connectivity index (χ3n) is 5.12. The highest BCUT2D eigenvalue weighted by atomic mass is 32.2. The van der Waals surface area contributed by atoms with Crippen molar-refractivity contribution in [1.29, 1.82) is 0 Å². The van der Waals surface area contributed by atoms with Gasteiger partial charge in [0.1, 0.15) is 10.6 Å². The number of anilines is 2. The number of hydrogen-bond donors (Lipinski definition) is 2. The van der Waals surface area contributed by atoms with Crippen LogP contribution in [0.3, 0.4) is 0 Å². The topological polar surface area (TPSA) is 105 Å². The fraction of sp³-hybridized carbons (Fsp3) is 0.364. The molecule has 2 aromatic carbocycles. The van der Waals surface area contributed by atoms with Crippen molar-refractivity contribution >= 4 is 33.2 Å². The minimum absolute atomic E-state index is 0.0135. The summed E-state index contributed by atoms with van der Waals surface area (Å²) in [5.74, 6) is -0.437. The van der Waals surface area contributed by atoms with Crippen molar-refractivity contribution in [3.63, 3.8) is 0 Å². The summed E-state index contributed by atoms with van der Waals surface area (Å²) in [6.45, 7) is 2.08. The molecule has 2 N–H and O–H groups in total. The lowest BCUT2D eigenvalue weighted by atomic mass is 9.89. The molecular formula is C22H27N3O5S. The maximum Gasteiger partial charge on any atom is 0.246 e. The van der Waals surface area contributed by atoms with Gasteiger partial charge in [-0.05, 0) is 49.6 Å². The summed E-state index contributed by atoms with van der Waals surface area (Å²) >= 11 is 0. The van der Waals surface area contributed by atoms with Crippen LogP contribution in [-0.2, 0) is 26.0 Å². The highest BCUT2D eigenvalue weighted by Gasteiger charge is 2.27. The van der Waals surface area contributed by atoms with Gasteiger partial charge in [0, 0.05) is 37.8 Å². The monoisotopic (exact) mass is 445 g/mol. The molecule has 0 aromatic heterocycles. The molecule has 1 unspecified atom stereocenters. The van der Waals surface area contributed by atoms with Crippen LogP contribution in [0.4, 0.5) is 11.4 Å². The number of carbonyl (C=O) groups is 2. The number of sulfonamides is 1. The first-order valence-electron chi connectivity index (χ1n) is 10.1. The van der Waals surface area contributed by atoms with Gasteiger partial charge in [0.05, 0.1) is 6.61 Å². The maximum atomic E-state index is 12.6. The van der Waals surface area contributed by atoms with Crippen molar-refractivity contribution in [3.8, 4) is 5.75 Å². The number of benzene rings is 2. The normalized spacial score (nSPS) is 15.9. The Labute approximate surface area is 182 Å². The Morgan fingerprint density at radius 1 is 1.23 bits per heavy atom. The summed E-state index contributed by atoms with van der Waals surface area (Å²) in [5, 5.41) is 5.61. The molecule has 1 aliphatic heterocycles. The Kier molecular flexibility index (Phi) is 6.97. The molecule has 0 fully saturated rings. The number of nitrogens with one attached hydrogen (secondary N) is 2. The molecule has 9 heteroatoms. The SMILES string of the molecule is CCOc1ccc(NC(=O)CCC2Cc3ccccc3NC2=O)cc1S(=O)(=O)N(C)C. The van der Waals surface area contributed by atoms with E-state index in [0.717, 1.165) is 15.6 Å². The van der Waals surface area contributed by atoms with Crippen molar-refractivity contribution in [2.75, 3.05) is 31.3 Å². The largest absolute Gasteiger partial charge is 0.492 e. The van der Waals surface area contributed by atoms with Crippen molar-refractivity contribution < 1.29 is 22.7 Å². The second kappa shape index (κ2) is 9.49. The van der Waals surface area contributed by atoms with E-state index in [1.165, 1.54) is 26.2 Å². The standard InChI is InChI=1S/C22H27N3O5S/c1-4-30-19-11-10-17(14-20(19)31(28,29)25(2)3)23-21(26)12-9-16-13-15-7-5-6-8-18(15)24-22(16)27/h5-8,10-11,14,16H,4,9,12-13H2,1-3H3,(H,23,26)(H,24,27). The lowest BCUT2D eigenvalue weighted by Gasteiger charge is -2.24. The number of carbonyl (C=O) groups excluding carboxylic acids is 2. The highest BCUT2D eigenvalue weighted by molar-refractivity contribution is 7.89. The smallest absolute Gasteiger partial charge is 0.246 e. The van der Waals surface area contributed by atoms with Gasteiger partial charge in [-0.15, -0.1) is 0 Å². The van der Waals surface area contributed by atoms with E-state index >= 15 is 0 Å². The van der Waals surface area contributed by atoms with Gasteiger partial charge in [0.25, 0.3) is 0 Å². The van der Waals surface area contributed by atoms with Crippen LogP contribution in [-0.4, -0.2) is 45.2 Å². The van der Waals surface area contributed by atoms with Gasteiger partial charge >= 0.3 is 0 Å². The van der Waals surface area contributed by atoms with E-state index in [4.69, 9.17) is 4.74 Å². The van der Waals surface area contributed by atoms with E-state index < -0.39 is 10.0 Å². The summed E-state index contributed by atoms with van der Waals surface area (Å²) < 4.78 is 31.8. The third kappa shape index (κ3) is 5.23. The predicted octanol–water partition coefficient (Wildman–Crippen LogP) is 2.87. The zero-order valence-corrected chi connectivity index (χ0v) is 18.7. The van der Waals surface area contributed by atoms with Gasteiger partial charge < -0.3 is 15.4 Å². The molecule has 1 atom stereocenters. The van der Waals surface area contributed by atoms with Gasteiger partial charge in [-0.1, -0.05) is 18.2 Å².